The molecule has 0 atom stereocenters. The minimum absolute atomic E-state index is 0.118. The Morgan fingerprint density at radius 3 is 2.71 bits per heavy atom. The van der Waals surface area contributed by atoms with E-state index >= 15 is 0 Å². The fourth-order valence-corrected chi connectivity index (χ4v) is 3.16. The smallest absolute Gasteiger partial charge is 0.417 e. The molecule has 4 heterocycles. The van der Waals surface area contributed by atoms with Gasteiger partial charge in [-0.25, -0.2) is 14.5 Å². The molecule has 10 heteroatoms. The first-order chi connectivity index (χ1) is 14.8. The van der Waals surface area contributed by atoms with Crippen LogP contribution < -0.4 is 0 Å². The van der Waals surface area contributed by atoms with Gasteiger partial charge in [-0.3, -0.25) is 0 Å². The Kier molecular flexibility index (Phi) is 4.94. The monoisotopic (exact) mass is 425 g/mol. The average molecular weight is 425 g/mol. The van der Waals surface area contributed by atoms with Gasteiger partial charge < -0.3 is 9.14 Å². The van der Waals surface area contributed by atoms with Crippen LogP contribution in [0.25, 0.3) is 11.3 Å². The zero-order valence-corrected chi connectivity index (χ0v) is 16.1. The number of alkyl halides is 3. The number of ether oxygens (including phenoxy) is 1. The first kappa shape index (κ1) is 20.2. The Labute approximate surface area is 173 Å². The molecule has 0 bridgehead atoms. The van der Waals surface area contributed by atoms with Gasteiger partial charge in [0, 0.05) is 24.2 Å². The molecule has 31 heavy (non-hydrogen) atoms. The fourth-order valence-electron chi connectivity index (χ4n) is 3.16. The van der Waals surface area contributed by atoms with Gasteiger partial charge in [0.2, 0.25) is 0 Å². The SMILES string of the molecule is Cc1c(C(=O)OCc2cn3ccccc3c2C#N)cnn1-c1ccc(C(F)(F)F)cn1. The second-order valence-electron chi connectivity index (χ2n) is 6.67. The summed E-state index contributed by atoms with van der Waals surface area (Å²) in [6, 6.07) is 9.59. The lowest BCUT2D eigenvalue weighted by Gasteiger charge is -2.08. The lowest BCUT2D eigenvalue weighted by molar-refractivity contribution is -0.137. The molecule has 4 aromatic rings. The zero-order valence-electron chi connectivity index (χ0n) is 16.1. The second kappa shape index (κ2) is 7.60. The van der Waals surface area contributed by atoms with Crippen LogP contribution in [0.3, 0.4) is 0 Å². The van der Waals surface area contributed by atoms with Crippen molar-refractivity contribution in [3.05, 3.63) is 83.1 Å². The quantitative estimate of drug-likeness (QED) is 0.460. The van der Waals surface area contributed by atoms with Gasteiger partial charge in [0.25, 0.3) is 0 Å². The largest absolute Gasteiger partial charge is 0.457 e. The molecule has 0 spiro atoms. The summed E-state index contributed by atoms with van der Waals surface area (Å²) in [6.07, 6.45) is 0.968. The van der Waals surface area contributed by atoms with Crippen LogP contribution in [0, 0.1) is 18.3 Å². The van der Waals surface area contributed by atoms with Crippen molar-refractivity contribution in [1.82, 2.24) is 19.2 Å². The van der Waals surface area contributed by atoms with Crippen LogP contribution in [0.2, 0.25) is 0 Å². The molecule has 0 aliphatic heterocycles. The van der Waals surface area contributed by atoms with E-state index in [0.29, 0.717) is 28.5 Å². The third kappa shape index (κ3) is 3.73. The number of nitrogens with zero attached hydrogens (tertiary/aromatic N) is 5. The van der Waals surface area contributed by atoms with E-state index in [2.05, 4.69) is 16.2 Å². The van der Waals surface area contributed by atoms with Crippen LogP contribution in [-0.4, -0.2) is 25.1 Å². The molecule has 0 aliphatic carbocycles. The number of halogens is 3. The van der Waals surface area contributed by atoms with Crippen molar-refractivity contribution in [1.29, 1.82) is 5.26 Å². The van der Waals surface area contributed by atoms with E-state index in [9.17, 15) is 23.2 Å². The highest BCUT2D eigenvalue weighted by atomic mass is 19.4. The summed E-state index contributed by atoms with van der Waals surface area (Å²) in [5.74, 6) is -0.537. The molecule has 7 nitrogen and oxygen atoms in total. The molecule has 4 aromatic heterocycles. The summed E-state index contributed by atoms with van der Waals surface area (Å²) in [7, 11) is 0. The van der Waals surface area contributed by atoms with E-state index in [4.69, 9.17) is 4.74 Å². The topological polar surface area (TPSA) is 85.2 Å². The standard InChI is InChI=1S/C21H14F3N5O2/c1-13-17(10-27-29(13)19-6-5-15(9-26-19)21(22,23)24)20(30)31-12-14-11-28-7-3-2-4-18(28)16(14)8-25/h2-7,9-11H,12H2,1H3. The molecular weight excluding hydrogens is 411 g/mol. The number of carbonyl (C=O) groups is 1. The number of rotatable bonds is 4. The maximum atomic E-state index is 12.7. The van der Waals surface area contributed by atoms with Crippen LogP contribution in [0.4, 0.5) is 13.2 Å². The number of nitriles is 1. The maximum Gasteiger partial charge on any atom is 0.417 e. The number of pyridine rings is 2. The molecule has 0 saturated carbocycles. The van der Waals surface area contributed by atoms with Crippen molar-refractivity contribution in [3.63, 3.8) is 0 Å². The van der Waals surface area contributed by atoms with E-state index in [1.807, 2.05) is 6.07 Å². The van der Waals surface area contributed by atoms with Gasteiger partial charge in [0.15, 0.2) is 5.82 Å². The lowest BCUT2D eigenvalue weighted by Crippen LogP contribution is -2.09. The van der Waals surface area contributed by atoms with E-state index in [0.717, 1.165) is 6.07 Å². The lowest BCUT2D eigenvalue weighted by atomic mass is 10.2. The normalized spacial score (nSPS) is 11.5. The highest BCUT2D eigenvalue weighted by Gasteiger charge is 2.31. The van der Waals surface area contributed by atoms with Crippen molar-refractivity contribution < 1.29 is 22.7 Å². The Balaban J connectivity index is 1.53. The molecule has 0 unspecified atom stereocenters. The third-order valence-corrected chi connectivity index (χ3v) is 4.75. The van der Waals surface area contributed by atoms with Gasteiger partial charge in [0.1, 0.15) is 18.2 Å². The third-order valence-electron chi connectivity index (χ3n) is 4.75. The number of fused-ring (bicyclic) bond motifs is 1. The minimum Gasteiger partial charge on any atom is -0.457 e. The Morgan fingerprint density at radius 2 is 2.03 bits per heavy atom. The van der Waals surface area contributed by atoms with Gasteiger partial charge in [-0.1, -0.05) is 6.07 Å². The van der Waals surface area contributed by atoms with E-state index in [1.54, 1.807) is 35.9 Å². The number of hydrogen-bond acceptors (Lipinski definition) is 5. The van der Waals surface area contributed by atoms with Gasteiger partial charge >= 0.3 is 12.1 Å². The van der Waals surface area contributed by atoms with Crippen LogP contribution in [0.1, 0.15) is 32.7 Å². The van der Waals surface area contributed by atoms with Crippen LogP contribution in [-0.2, 0) is 17.5 Å². The molecule has 0 amide bonds. The maximum absolute atomic E-state index is 12.7. The van der Waals surface area contributed by atoms with Crippen molar-refractivity contribution in [2.45, 2.75) is 19.7 Å². The van der Waals surface area contributed by atoms with Crippen molar-refractivity contribution in [2.24, 2.45) is 0 Å². The molecule has 156 valence electrons. The molecule has 0 radical (unpaired) electrons. The molecule has 4 rings (SSSR count). The summed E-state index contributed by atoms with van der Waals surface area (Å²) >= 11 is 0. The summed E-state index contributed by atoms with van der Waals surface area (Å²) in [4.78, 5) is 16.3. The molecule has 0 aromatic carbocycles. The predicted octanol–water partition coefficient (Wildman–Crippen LogP) is 4.08. The van der Waals surface area contributed by atoms with Gasteiger partial charge in [0.05, 0.1) is 28.5 Å². The number of aromatic nitrogens is 4. The van der Waals surface area contributed by atoms with Crippen LogP contribution in [0.15, 0.2) is 55.1 Å². The Bertz CT molecular complexity index is 1310. The molecule has 0 fully saturated rings. The molecule has 0 N–H and O–H groups in total. The summed E-state index contributed by atoms with van der Waals surface area (Å²) in [5.41, 5.74) is 1.29. The van der Waals surface area contributed by atoms with Crippen LogP contribution in [0.5, 0.6) is 0 Å². The molecule has 0 aliphatic rings. The van der Waals surface area contributed by atoms with E-state index < -0.39 is 17.7 Å². The summed E-state index contributed by atoms with van der Waals surface area (Å²) < 4.78 is 46.5. The Morgan fingerprint density at radius 1 is 1.23 bits per heavy atom. The summed E-state index contributed by atoms with van der Waals surface area (Å²) in [5, 5.41) is 13.5. The fraction of sp³-hybridized carbons (Fsp3) is 0.143. The van der Waals surface area contributed by atoms with Gasteiger partial charge in [-0.15, -0.1) is 0 Å². The average Bonchev–Trinajstić information content (AvgIpc) is 3.31. The first-order valence-corrected chi connectivity index (χ1v) is 9.03. The van der Waals surface area contributed by atoms with Gasteiger partial charge in [-0.2, -0.15) is 23.5 Å². The number of carbonyl (C=O) groups excluding carboxylic acids is 1. The zero-order chi connectivity index (χ0) is 22.2. The molecule has 0 saturated heterocycles. The highest BCUT2D eigenvalue weighted by molar-refractivity contribution is 5.90. The first-order valence-electron chi connectivity index (χ1n) is 9.03. The van der Waals surface area contributed by atoms with E-state index in [1.165, 1.54) is 16.9 Å². The van der Waals surface area contributed by atoms with Crippen molar-refractivity contribution in [2.75, 3.05) is 0 Å². The second-order valence-corrected chi connectivity index (χ2v) is 6.67. The van der Waals surface area contributed by atoms with Gasteiger partial charge in [-0.05, 0) is 31.2 Å². The number of hydrogen-bond donors (Lipinski definition) is 0. The summed E-state index contributed by atoms with van der Waals surface area (Å²) in [6.45, 7) is 1.46. The van der Waals surface area contributed by atoms with Crippen molar-refractivity contribution in [3.8, 4) is 11.9 Å². The minimum atomic E-state index is -4.49. The van der Waals surface area contributed by atoms with Crippen molar-refractivity contribution >= 4 is 11.5 Å². The Hall–Kier alpha value is -4.13. The predicted molar refractivity (Wildman–Crippen MR) is 102 cm³/mol. The highest BCUT2D eigenvalue weighted by Crippen LogP contribution is 2.29. The number of esters is 1. The van der Waals surface area contributed by atoms with E-state index in [-0.39, 0.29) is 18.0 Å². The molecular formula is C21H14F3N5O2. The van der Waals surface area contributed by atoms with Crippen LogP contribution >= 0.6 is 0 Å².